The Balaban J connectivity index is 1.31. The van der Waals surface area contributed by atoms with Crippen molar-refractivity contribution in [2.45, 2.75) is 54.6 Å². The smallest absolute Gasteiger partial charge is 0.360 e. The number of sulfone groups is 1. The summed E-state index contributed by atoms with van der Waals surface area (Å²) in [6.45, 7) is 1.83. The number of hydrogen-bond acceptors (Lipinski definition) is 11. The van der Waals surface area contributed by atoms with E-state index in [0.29, 0.717) is 12.8 Å². The van der Waals surface area contributed by atoms with E-state index in [-0.39, 0.29) is 62.0 Å². The molecule has 2 atom stereocenters. The largest absolute Gasteiger partial charge is 0.464 e. The Morgan fingerprint density at radius 2 is 1.82 bits per heavy atom. The van der Waals surface area contributed by atoms with Crippen LogP contribution in [-0.2, 0) is 14.6 Å². The second-order valence-electron chi connectivity index (χ2n) is 10.5. The number of carbonyl (C=O) groups is 1. The van der Waals surface area contributed by atoms with E-state index in [1.807, 2.05) is 6.92 Å². The van der Waals surface area contributed by atoms with E-state index >= 15 is 4.39 Å². The molecule has 1 aromatic carbocycles. The van der Waals surface area contributed by atoms with Crippen LogP contribution in [0.3, 0.4) is 0 Å². The molecule has 1 fully saturated rings. The quantitative estimate of drug-likeness (QED) is 0.198. The minimum absolute atomic E-state index is 0.00217. The number of hydrogen-bond donors (Lipinski definition) is 3. The van der Waals surface area contributed by atoms with Gasteiger partial charge in [-0.1, -0.05) is 17.7 Å². The number of esters is 1. The highest BCUT2D eigenvalue weighted by molar-refractivity contribution is 7.91. The first kappa shape index (κ1) is 29.2. The molecule has 0 saturated heterocycles. The molecular weight excluding hydrogens is 596 g/mol. The van der Waals surface area contributed by atoms with E-state index in [9.17, 15) is 17.6 Å². The summed E-state index contributed by atoms with van der Waals surface area (Å²) in [6.07, 6.45) is 5.90. The van der Waals surface area contributed by atoms with Crippen LogP contribution in [0.2, 0.25) is 0 Å². The number of aromatic nitrogens is 5. The average molecular weight is 624 g/mol. The summed E-state index contributed by atoms with van der Waals surface area (Å²) in [5.41, 5.74) is 0.989. The molecule has 1 aliphatic rings. The molecule has 4 heterocycles. The Morgan fingerprint density at radius 1 is 1.07 bits per heavy atom. The first-order valence-electron chi connectivity index (χ1n) is 13.7. The summed E-state index contributed by atoms with van der Waals surface area (Å²) in [6, 6.07) is 7.21. The first-order chi connectivity index (χ1) is 21.1. The number of ether oxygens (including phenoxy) is 1. The molecule has 3 N–H and O–H groups in total. The lowest BCUT2D eigenvalue weighted by Gasteiger charge is -2.30. The topological polar surface area (TPSA) is 165 Å². The third-order valence-corrected chi connectivity index (χ3v) is 9.13. The van der Waals surface area contributed by atoms with Gasteiger partial charge in [0, 0.05) is 17.5 Å². The summed E-state index contributed by atoms with van der Waals surface area (Å²) in [5.74, 6) is -2.32. The van der Waals surface area contributed by atoms with E-state index in [2.05, 4.69) is 40.3 Å². The molecule has 12 nitrogen and oxygen atoms in total. The van der Waals surface area contributed by atoms with Crippen LogP contribution < -0.4 is 10.6 Å². The van der Waals surface area contributed by atoms with Gasteiger partial charge in [-0.3, -0.25) is 0 Å². The van der Waals surface area contributed by atoms with Gasteiger partial charge in [0.05, 0.1) is 30.0 Å². The number of H-pyrrole nitrogens is 1. The molecule has 1 saturated carbocycles. The predicted molar refractivity (Wildman–Crippen MR) is 155 cm³/mol. The zero-order valence-corrected chi connectivity index (χ0v) is 24.4. The van der Waals surface area contributed by atoms with Crippen molar-refractivity contribution < 1.29 is 31.1 Å². The second-order valence-corrected chi connectivity index (χ2v) is 12.4. The van der Waals surface area contributed by atoms with Gasteiger partial charge in [0.2, 0.25) is 9.84 Å². The molecule has 0 spiro atoms. The van der Waals surface area contributed by atoms with Crippen LogP contribution in [0.5, 0.6) is 0 Å². The maximum absolute atomic E-state index is 15.1. The number of pyridine rings is 1. The number of anilines is 2. The third kappa shape index (κ3) is 5.69. The van der Waals surface area contributed by atoms with Crippen LogP contribution in [-0.4, -0.2) is 58.5 Å². The fourth-order valence-corrected chi connectivity index (χ4v) is 6.66. The summed E-state index contributed by atoms with van der Waals surface area (Å²) in [5, 5.41) is 6.11. The van der Waals surface area contributed by atoms with Crippen molar-refractivity contribution in [2.24, 2.45) is 0 Å². The second kappa shape index (κ2) is 11.6. The Bertz CT molecular complexity index is 1960. The summed E-state index contributed by atoms with van der Waals surface area (Å²) in [7, 11) is -2.92. The Labute approximate surface area is 250 Å². The molecular formula is C29H27F2N7O5S. The molecule has 0 aliphatic heterocycles. The van der Waals surface area contributed by atoms with Gasteiger partial charge in [0.1, 0.15) is 17.7 Å². The van der Waals surface area contributed by atoms with E-state index in [4.69, 9.17) is 4.42 Å². The first-order valence-corrected chi connectivity index (χ1v) is 15.2. The van der Waals surface area contributed by atoms with Gasteiger partial charge in [-0.05, 0) is 50.8 Å². The van der Waals surface area contributed by atoms with Crippen molar-refractivity contribution in [3.63, 3.8) is 0 Å². The van der Waals surface area contributed by atoms with Gasteiger partial charge >= 0.3 is 5.97 Å². The summed E-state index contributed by atoms with van der Waals surface area (Å²) < 4.78 is 66.9. The third-order valence-electron chi connectivity index (χ3n) is 7.39. The van der Waals surface area contributed by atoms with Gasteiger partial charge in [0.25, 0.3) is 6.01 Å². The highest BCUT2D eigenvalue weighted by Gasteiger charge is 2.30. The molecule has 15 heteroatoms. The Morgan fingerprint density at radius 3 is 2.57 bits per heavy atom. The molecule has 6 rings (SSSR count). The van der Waals surface area contributed by atoms with Crippen molar-refractivity contribution in [2.75, 3.05) is 17.7 Å². The molecule has 44 heavy (non-hydrogen) atoms. The SMILES string of the molecule is COC(=O)c1coc(N[C@@H]2CCC[C@H](Nc3nc(-c4c(S(=O)(=O)c5ccc(C)cc5)[nH]c5ncc(F)cc45)ncc3F)C2)n1. The number of aryl methyl sites for hydroxylation is 1. The van der Waals surface area contributed by atoms with Crippen molar-refractivity contribution in [3.05, 3.63) is 71.9 Å². The highest BCUT2D eigenvalue weighted by Crippen LogP contribution is 2.36. The van der Waals surface area contributed by atoms with Crippen LogP contribution in [0.1, 0.15) is 41.7 Å². The predicted octanol–water partition coefficient (Wildman–Crippen LogP) is 5.05. The summed E-state index contributed by atoms with van der Waals surface area (Å²) >= 11 is 0. The Kier molecular flexibility index (Phi) is 7.71. The van der Waals surface area contributed by atoms with Crippen LogP contribution in [0.25, 0.3) is 22.4 Å². The van der Waals surface area contributed by atoms with Crippen LogP contribution in [0.4, 0.5) is 20.6 Å². The molecule has 228 valence electrons. The Hall–Kier alpha value is -4.92. The lowest BCUT2D eigenvalue weighted by Crippen LogP contribution is -2.35. The zero-order valence-electron chi connectivity index (χ0n) is 23.6. The van der Waals surface area contributed by atoms with Crippen LogP contribution >= 0.6 is 0 Å². The van der Waals surface area contributed by atoms with Gasteiger partial charge in [0.15, 0.2) is 28.2 Å². The number of rotatable bonds is 8. The van der Waals surface area contributed by atoms with E-state index in [0.717, 1.165) is 36.9 Å². The van der Waals surface area contributed by atoms with Crippen molar-refractivity contribution >= 4 is 38.7 Å². The standard InChI is InChI=1S/C29H27F2N7O5S/c1-15-6-8-19(9-7-15)44(40,41)27-23(20-10-16(30)12-32-24(20)38-27)26-33-13-21(31)25(37-26)34-17-4-3-5-18(11-17)35-29-36-22(14-43-29)28(39)42-2/h6-10,12-14,17-18H,3-5,11H2,1-2H3,(H,32,38)(H,35,36)(H,33,34,37)/t17-,18+/m0/s1. The van der Waals surface area contributed by atoms with Crippen LogP contribution in [0, 0.1) is 18.6 Å². The number of oxazole rings is 1. The maximum Gasteiger partial charge on any atom is 0.360 e. The fourth-order valence-electron chi connectivity index (χ4n) is 5.23. The monoisotopic (exact) mass is 623 g/mol. The van der Waals surface area contributed by atoms with E-state index in [1.54, 1.807) is 12.1 Å². The number of halogens is 2. The lowest BCUT2D eigenvalue weighted by molar-refractivity contribution is 0.0594. The molecule has 5 aromatic rings. The highest BCUT2D eigenvalue weighted by atomic mass is 32.2. The van der Waals surface area contributed by atoms with E-state index < -0.39 is 27.4 Å². The number of nitrogens with zero attached hydrogens (tertiary/aromatic N) is 4. The van der Waals surface area contributed by atoms with Gasteiger partial charge < -0.3 is 24.8 Å². The fraction of sp³-hybridized carbons (Fsp3) is 0.276. The maximum atomic E-state index is 15.1. The van der Waals surface area contributed by atoms with Gasteiger partial charge in [-0.25, -0.2) is 36.9 Å². The molecule has 0 amide bonds. The molecule has 4 aromatic heterocycles. The van der Waals surface area contributed by atoms with Gasteiger partial charge in [-0.15, -0.1) is 0 Å². The molecule has 0 bridgehead atoms. The van der Waals surface area contributed by atoms with Crippen LogP contribution in [0.15, 0.2) is 63.3 Å². The number of benzene rings is 1. The number of aromatic amines is 1. The molecule has 0 radical (unpaired) electrons. The number of fused-ring (bicyclic) bond motifs is 1. The molecule has 0 unspecified atom stereocenters. The van der Waals surface area contributed by atoms with Crippen molar-refractivity contribution in [1.29, 1.82) is 0 Å². The number of nitrogens with one attached hydrogen (secondary N) is 3. The number of carbonyl (C=O) groups excluding carboxylic acids is 1. The van der Waals surface area contributed by atoms with Gasteiger partial charge in [-0.2, -0.15) is 4.98 Å². The minimum atomic E-state index is -4.17. The minimum Gasteiger partial charge on any atom is -0.464 e. The normalized spacial score (nSPS) is 17.0. The average Bonchev–Trinajstić information content (AvgIpc) is 3.63. The summed E-state index contributed by atoms with van der Waals surface area (Å²) in [4.78, 5) is 31.0. The lowest BCUT2D eigenvalue weighted by atomic mass is 9.91. The molecule has 1 aliphatic carbocycles. The van der Waals surface area contributed by atoms with E-state index in [1.165, 1.54) is 25.5 Å². The number of methoxy groups -OCH3 is 1. The van der Waals surface area contributed by atoms with Crippen molar-refractivity contribution in [3.8, 4) is 11.4 Å². The van der Waals surface area contributed by atoms with Crippen molar-refractivity contribution in [1.82, 2.24) is 24.9 Å². The zero-order chi connectivity index (χ0) is 31.0.